The molecular formula is C16H17ClN2O5. The fraction of sp³-hybridized carbons (Fsp3) is 0.500. The number of amides is 1. The number of hydrogen-bond donors (Lipinski definition) is 1. The van der Waals surface area contributed by atoms with Crippen LogP contribution in [0.15, 0.2) is 18.2 Å². The highest BCUT2D eigenvalue weighted by atomic mass is 35.5. The second-order valence-corrected chi connectivity index (χ2v) is 6.77. The van der Waals surface area contributed by atoms with Gasteiger partial charge in [-0.3, -0.25) is 14.9 Å². The van der Waals surface area contributed by atoms with Crippen LogP contribution in [0, 0.1) is 16.0 Å². The van der Waals surface area contributed by atoms with Crippen molar-refractivity contribution in [2.24, 2.45) is 5.92 Å². The Morgan fingerprint density at radius 2 is 2.00 bits per heavy atom. The van der Waals surface area contributed by atoms with E-state index in [1.165, 1.54) is 17.0 Å². The topological polar surface area (TPSA) is 101 Å². The summed E-state index contributed by atoms with van der Waals surface area (Å²) >= 11 is 5.79. The van der Waals surface area contributed by atoms with E-state index in [4.69, 9.17) is 11.6 Å². The molecule has 128 valence electrons. The molecule has 1 heterocycles. The summed E-state index contributed by atoms with van der Waals surface area (Å²) < 4.78 is 0. The van der Waals surface area contributed by atoms with Crippen molar-refractivity contribution in [3.05, 3.63) is 38.9 Å². The molecule has 1 aromatic rings. The second kappa shape index (κ2) is 6.39. The van der Waals surface area contributed by atoms with Crippen LogP contribution in [0.4, 0.5) is 5.69 Å². The number of nitro benzene ring substituents is 1. The van der Waals surface area contributed by atoms with E-state index in [1.807, 2.05) is 0 Å². The average molecular weight is 353 g/mol. The van der Waals surface area contributed by atoms with Crippen LogP contribution in [-0.4, -0.2) is 38.9 Å². The highest BCUT2D eigenvalue weighted by Gasteiger charge is 2.48. The molecule has 3 unspecified atom stereocenters. The van der Waals surface area contributed by atoms with Crippen LogP contribution in [0.1, 0.15) is 42.5 Å². The Morgan fingerprint density at radius 3 is 2.67 bits per heavy atom. The van der Waals surface area contributed by atoms with Crippen molar-refractivity contribution in [2.75, 3.05) is 0 Å². The van der Waals surface area contributed by atoms with E-state index in [9.17, 15) is 24.8 Å². The Balaban J connectivity index is 2.01. The Bertz CT molecular complexity index is 708. The number of benzene rings is 1. The largest absolute Gasteiger partial charge is 0.480 e. The number of aliphatic carboxylic acids is 1. The van der Waals surface area contributed by atoms with Crippen LogP contribution >= 0.6 is 11.6 Å². The predicted molar refractivity (Wildman–Crippen MR) is 86.1 cm³/mol. The van der Waals surface area contributed by atoms with Gasteiger partial charge in [0.15, 0.2) is 0 Å². The molecule has 24 heavy (non-hydrogen) atoms. The molecule has 1 saturated carbocycles. The van der Waals surface area contributed by atoms with Gasteiger partial charge >= 0.3 is 5.97 Å². The molecule has 3 rings (SSSR count). The lowest BCUT2D eigenvalue weighted by Crippen LogP contribution is -2.46. The molecule has 1 aliphatic carbocycles. The van der Waals surface area contributed by atoms with E-state index in [0.29, 0.717) is 6.42 Å². The third-order valence-corrected chi connectivity index (χ3v) is 5.23. The summed E-state index contributed by atoms with van der Waals surface area (Å²) in [6.45, 7) is 0. The zero-order chi connectivity index (χ0) is 17.4. The van der Waals surface area contributed by atoms with Crippen molar-refractivity contribution in [3.8, 4) is 0 Å². The SMILES string of the molecule is O=C(O)C1CC2CCCCC2N1C(=O)c1ccc(Cl)cc1[N+](=O)[O-]. The molecule has 7 nitrogen and oxygen atoms in total. The van der Waals surface area contributed by atoms with E-state index in [2.05, 4.69) is 0 Å². The fourth-order valence-corrected chi connectivity index (χ4v) is 4.11. The van der Waals surface area contributed by atoms with Gasteiger partial charge in [-0.05, 0) is 37.3 Å². The third kappa shape index (κ3) is 2.84. The zero-order valence-corrected chi connectivity index (χ0v) is 13.6. The summed E-state index contributed by atoms with van der Waals surface area (Å²) in [6, 6.07) is 2.74. The van der Waals surface area contributed by atoms with Crippen LogP contribution < -0.4 is 0 Å². The number of likely N-dealkylation sites (tertiary alicyclic amines) is 1. The van der Waals surface area contributed by atoms with Crippen LogP contribution in [0.3, 0.4) is 0 Å². The molecule has 0 bridgehead atoms. The standard InChI is InChI=1S/C16H17ClN2O5/c17-10-5-6-11(13(8-10)19(23)24)15(20)18-12-4-2-1-3-9(12)7-14(18)16(21)22/h5-6,8-9,12,14H,1-4,7H2,(H,21,22). The maximum atomic E-state index is 13.0. The van der Waals surface area contributed by atoms with Gasteiger partial charge in [0.1, 0.15) is 11.6 Å². The van der Waals surface area contributed by atoms with Gasteiger partial charge in [-0.25, -0.2) is 4.79 Å². The van der Waals surface area contributed by atoms with Gasteiger partial charge in [0.05, 0.1) is 4.92 Å². The number of carbonyl (C=O) groups excluding carboxylic acids is 1. The molecule has 3 atom stereocenters. The van der Waals surface area contributed by atoms with Crippen LogP contribution in [0.5, 0.6) is 0 Å². The molecule has 1 N–H and O–H groups in total. The number of nitrogens with zero attached hydrogens (tertiary/aromatic N) is 2. The smallest absolute Gasteiger partial charge is 0.326 e. The normalized spacial score (nSPS) is 26.0. The van der Waals surface area contributed by atoms with E-state index in [0.717, 1.165) is 31.7 Å². The average Bonchev–Trinajstić information content (AvgIpc) is 2.93. The molecule has 0 radical (unpaired) electrons. The first-order valence-corrected chi connectivity index (χ1v) is 8.27. The minimum Gasteiger partial charge on any atom is -0.480 e. The molecule has 1 amide bonds. The molecule has 0 aromatic heterocycles. The van der Waals surface area contributed by atoms with Gasteiger partial charge in [0, 0.05) is 17.1 Å². The highest BCUT2D eigenvalue weighted by molar-refractivity contribution is 6.31. The van der Waals surface area contributed by atoms with Crippen molar-refractivity contribution in [2.45, 2.75) is 44.2 Å². The number of rotatable bonds is 3. The van der Waals surface area contributed by atoms with E-state index >= 15 is 0 Å². The van der Waals surface area contributed by atoms with Gasteiger partial charge in [-0.2, -0.15) is 0 Å². The molecule has 2 aliphatic rings. The molecule has 1 saturated heterocycles. The molecule has 0 spiro atoms. The summed E-state index contributed by atoms with van der Waals surface area (Å²) in [6.07, 6.45) is 3.99. The fourth-order valence-electron chi connectivity index (χ4n) is 3.95. The Kier molecular flexibility index (Phi) is 4.45. The number of carbonyl (C=O) groups is 2. The Morgan fingerprint density at radius 1 is 1.29 bits per heavy atom. The minimum atomic E-state index is -1.06. The maximum absolute atomic E-state index is 13.0. The number of hydrogen-bond acceptors (Lipinski definition) is 4. The lowest BCUT2D eigenvalue weighted by atomic mass is 9.84. The monoisotopic (exact) mass is 352 g/mol. The van der Waals surface area contributed by atoms with Gasteiger partial charge in [-0.1, -0.05) is 24.4 Å². The predicted octanol–water partition coefficient (Wildman–Crippen LogP) is 3.11. The maximum Gasteiger partial charge on any atom is 0.326 e. The van der Waals surface area contributed by atoms with Crippen LogP contribution in [-0.2, 0) is 4.79 Å². The molecule has 1 aliphatic heterocycles. The summed E-state index contributed by atoms with van der Waals surface area (Å²) in [5, 5.41) is 20.9. The molecule has 2 fully saturated rings. The van der Waals surface area contributed by atoms with Crippen molar-refractivity contribution < 1.29 is 19.6 Å². The number of carboxylic acids is 1. The number of halogens is 1. The van der Waals surface area contributed by atoms with Crippen LogP contribution in [0.25, 0.3) is 0 Å². The van der Waals surface area contributed by atoms with Gasteiger partial charge in [0.2, 0.25) is 0 Å². The summed E-state index contributed by atoms with van der Waals surface area (Å²) in [7, 11) is 0. The lowest BCUT2D eigenvalue weighted by Gasteiger charge is -2.32. The second-order valence-electron chi connectivity index (χ2n) is 6.33. The zero-order valence-electron chi connectivity index (χ0n) is 12.9. The third-order valence-electron chi connectivity index (χ3n) is 4.99. The quantitative estimate of drug-likeness (QED) is 0.665. The molecular weight excluding hydrogens is 336 g/mol. The van der Waals surface area contributed by atoms with Crippen molar-refractivity contribution in [1.82, 2.24) is 4.90 Å². The first kappa shape index (κ1) is 16.7. The summed E-state index contributed by atoms with van der Waals surface area (Å²) in [4.78, 5) is 36.5. The summed E-state index contributed by atoms with van der Waals surface area (Å²) in [5.41, 5.74) is -0.502. The van der Waals surface area contributed by atoms with E-state index < -0.39 is 28.5 Å². The van der Waals surface area contributed by atoms with Gasteiger partial charge in [-0.15, -0.1) is 0 Å². The highest BCUT2D eigenvalue weighted by Crippen LogP contribution is 2.41. The Labute approximate surface area is 143 Å². The van der Waals surface area contributed by atoms with Crippen molar-refractivity contribution >= 4 is 29.2 Å². The first-order chi connectivity index (χ1) is 11.4. The van der Waals surface area contributed by atoms with Gasteiger partial charge in [0.25, 0.3) is 11.6 Å². The molecule has 8 heteroatoms. The number of carboxylic acid groups (broad SMARTS) is 1. The first-order valence-electron chi connectivity index (χ1n) is 7.89. The van der Waals surface area contributed by atoms with Crippen LogP contribution in [0.2, 0.25) is 5.02 Å². The number of nitro groups is 1. The van der Waals surface area contributed by atoms with Gasteiger partial charge < -0.3 is 10.0 Å². The summed E-state index contributed by atoms with van der Waals surface area (Å²) in [5.74, 6) is -1.51. The van der Waals surface area contributed by atoms with E-state index in [-0.39, 0.29) is 22.5 Å². The Hall–Kier alpha value is -2.15. The molecule has 1 aromatic carbocycles. The lowest BCUT2D eigenvalue weighted by molar-refractivity contribution is -0.385. The van der Waals surface area contributed by atoms with E-state index in [1.54, 1.807) is 0 Å². The van der Waals surface area contributed by atoms with Crippen molar-refractivity contribution in [3.63, 3.8) is 0 Å². The van der Waals surface area contributed by atoms with Crippen molar-refractivity contribution in [1.29, 1.82) is 0 Å². The number of fused-ring (bicyclic) bond motifs is 1. The minimum absolute atomic E-state index is 0.109.